The van der Waals surface area contributed by atoms with Gasteiger partial charge in [0.25, 0.3) is 0 Å². The molecular formula is C42H67NO5. The van der Waals surface area contributed by atoms with Gasteiger partial charge in [0.05, 0.1) is 11.8 Å². The second-order valence-corrected chi connectivity index (χ2v) is 20.0. The Morgan fingerprint density at radius 1 is 0.833 bits per heavy atom. The summed E-state index contributed by atoms with van der Waals surface area (Å²) in [5.74, 6) is 1.66. The van der Waals surface area contributed by atoms with Crippen molar-refractivity contribution in [2.24, 2.45) is 62.1 Å². The molecule has 6 rings (SSSR count). The van der Waals surface area contributed by atoms with Gasteiger partial charge in [-0.25, -0.2) is 0 Å². The van der Waals surface area contributed by atoms with Gasteiger partial charge in [-0.15, -0.1) is 0 Å². The monoisotopic (exact) mass is 666 g/mol. The number of hydrogen-bond acceptors (Lipinski definition) is 4. The number of ether oxygens (including phenoxy) is 1. The van der Waals surface area contributed by atoms with Gasteiger partial charge in [-0.05, 0) is 149 Å². The predicted molar refractivity (Wildman–Crippen MR) is 190 cm³/mol. The van der Waals surface area contributed by atoms with Crippen molar-refractivity contribution in [3.05, 3.63) is 12.2 Å². The van der Waals surface area contributed by atoms with Gasteiger partial charge in [0.15, 0.2) is 0 Å². The van der Waals surface area contributed by atoms with Crippen LogP contribution in [-0.2, 0) is 19.1 Å². The number of nitrogens with one attached hydrogen (secondary N) is 1. The standard InChI is InChI=1S/C42H67NO5/c1-26(2)28-16-21-42(24-33(44)43-27-12-10-11-13-27)23-22-40(8)29(35(28)42)14-15-31-39(7)19-18-32(48-34(45)25-37(3,4)36(46)47)38(5,6)30(39)17-20-41(31,40)9/h27-32,35H,1,10-25H2,2-9H3,(H,43,44)(H,46,47)/t28-,29+,30?,31?,32-,35+,39-,40+,41+,42+/m0/s1. The quantitative estimate of drug-likeness (QED) is 0.199. The maximum absolute atomic E-state index is 13.7. The summed E-state index contributed by atoms with van der Waals surface area (Å²) in [4.78, 5) is 38.4. The first-order valence-electron chi connectivity index (χ1n) is 19.7. The lowest BCUT2D eigenvalue weighted by Gasteiger charge is -2.73. The number of carboxylic acid groups (broad SMARTS) is 1. The molecule has 0 saturated heterocycles. The molecule has 2 unspecified atom stereocenters. The van der Waals surface area contributed by atoms with Gasteiger partial charge in [-0.1, -0.05) is 59.6 Å². The Bertz CT molecular complexity index is 1310. The number of fused-ring (bicyclic) bond motifs is 7. The normalized spacial score (nSPS) is 43.7. The molecule has 6 aliphatic carbocycles. The van der Waals surface area contributed by atoms with Crippen molar-refractivity contribution < 1.29 is 24.2 Å². The van der Waals surface area contributed by atoms with Gasteiger partial charge < -0.3 is 15.2 Å². The van der Waals surface area contributed by atoms with E-state index in [0.29, 0.717) is 48.0 Å². The van der Waals surface area contributed by atoms with E-state index < -0.39 is 11.4 Å². The summed E-state index contributed by atoms with van der Waals surface area (Å²) >= 11 is 0. The number of hydrogen-bond donors (Lipinski definition) is 2. The molecule has 1 amide bonds. The van der Waals surface area contributed by atoms with Crippen LogP contribution in [0.4, 0.5) is 0 Å². The molecule has 0 aromatic rings. The molecule has 6 fully saturated rings. The summed E-state index contributed by atoms with van der Waals surface area (Å²) in [5, 5.41) is 13.1. The number of esters is 1. The third kappa shape index (κ3) is 5.51. The summed E-state index contributed by atoms with van der Waals surface area (Å²) in [7, 11) is 0. The van der Waals surface area contributed by atoms with Crippen molar-refractivity contribution >= 4 is 17.8 Å². The smallest absolute Gasteiger partial charge is 0.309 e. The number of amides is 1. The fraction of sp³-hybridized carbons (Fsp3) is 0.881. The Morgan fingerprint density at radius 3 is 2.17 bits per heavy atom. The van der Waals surface area contributed by atoms with Crippen molar-refractivity contribution in [1.82, 2.24) is 5.32 Å². The largest absolute Gasteiger partial charge is 0.481 e. The molecule has 0 radical (unpaired) electrons. The first-order valence-corrected chi connectivity index (χ1v) is 19.7. The third-order valence-electron chi connectivity index (χ3n) is 16.9. The molecule has 0 aliphatic heterocycles. The second-order valence-electron chi connectivity index (χ2n) is 20.0. The van der Waals surface area contributed by atoms with Crippen LogP contribution in [-0.4, -0.2) is 35.1 Å². The third-order valence-corrected chi connectivity index (χ3v) is 16.9. The fourth-order valence-electron chi connectivity index (χ4n) is 14.1. The SMILES string of the molecule is C=C(C)[C@@H]1CC[C@]2(CC(=O)NC3CCCC3)CC[C@]3(C)[C@H](CCC4[C@@]5(C)CC[C@H](OC(=O)CC(C)(C)C(=O)O)C(C)(C)C5CC[C@]43C)[C@@H]12. The zero-order chi connectivity index (χ0) is 35.1. The molecule has 10 atom stereocenters. The van der Waals surface area contributed by atoms with Crippen molar-refractivity contribution in [3.8, 4) is 0 Å². The number of allylic oxidation sites excluding steroid dienone is 1. The van der Waals surface area contributed by atoms with Crippen molar-refractivity contribution in [2.45, 2.75) is 170 Å². The summed E-state index contributed by atoms with van der Waals surface area (Å²) in [6.07, 6.45) is 16.6. The van der Waals surface area contributed by atoms with E-state index in [4.69, 9.17) is 4.74 Å². The van der Waals surface area contributed by atoms with Gasteiger partial charge in [0.1, 0.15) is 6.10 Å². The summed E-state index contributed by atoms with van der Waals surface area (Å²) in [5.41, 5.74) is 0.699. The van der Waals surface area contributed by atoms with Gasteiger partial charge in [-0.3, -0.25) is 14.4 Å². The molecule has 48 heavy (non-hydrogen) atoms. The molecule has 0 bridgehead atoms. The minimum absolute atomic E-state index is 0.0971. The van der Waals surface area contributed by atoms with Gasteiger partial charge in [0.2, 0.25) is 5.91 Å². The zero-order valence-electron chi connectivity index (χ0n) is 31.6. The van der Waals surface area contributed by atoms with E-state index in [9.17, 15) is 19.5 Å². The molecule has 6 aliphatic rings. The molecule has 6 nitrogen and oxygen atoms in total. The van der Waals surface area contributed by atoms with E-state index in [0.717, 1.165) is 44.9 Å². The number of carbonyl (C=O) groups is 3. The van der Waals surface area contributed by atoms with Crippen molar-refractivity contribution in [2.75, 3.05) is 0 Å². The van der Waals surface area contributed by atoms with Crippen molar-refractivity contribution in [1.29, 1.82) is 0 Å². The average Bonchev–Trinajstić information content (AvgIpc) is 3.63. The molecular weight excluding hydrogens is 598 g/mol. The highest BCUT2D eigenvalue weighted by Crippen LogP contribution is 2.78. The lowest BCUT2D eigenvalue weighted by Crippen LogP contribution is -2.67. The van der Waals surface area contributed by atoms with Crippen LogP contribution in [0.5, 0.6) is 0 Å². The second kappa shape index (κ2) is 12.1. The Kier molecular flexibility index (Phi) is 9.09. The highest BCUT2D eigenvalue weighted by atomic mass is 16.5. The van der Waals surface area contributed by atoms with Crippen LogP contribution in [0.2, 0.25) is 0 Å². The molecule has 6 saturated carbocycles. The Morgan fingerprint density at radius 2 is 1.52 bits per heavy atom. The van der Waals surface area contributed by atoms with Crippen LogP contribution in [0.15, 0.2) is 12.2 Å². The van der Waals surface area contributed by atoms with Crippen LogP contribution in [0, 0.1) is 62.1 Å². The van der Waals surface area contributed by atoms with E-state index >= 15 is 0 Å². The van der Waals surface area contributed by atoms with E-state index in [-0.39, 0.29) is 45.6 Å². The number of aliphatic carboxylic acids is 1. The van der Waals surface area contributed by atoms with Gasteiger partial charge >= 0.3 is 11.9 Å². The van der Waals surface area contributed by atoms with Crippen LogP contribution in [0.3, 0.4) is 0 Å². The maximum atomic E-state index is 13.7. The number of carbonyl (C=O) groups excluding carboxylic acids is 2. The van der Waals surface area contributed by atoms with Gasteiger partial charge in [0, 0.05) is 17.9 Å². The van der Waals surface area contributed by atoms with Crippen LogP contribution in [0.25, 0.3) is 0 Å². The molecule has 0 heterocycles. The highest BCUT2D eigenvalue weighted by Gasteiger charge is 2.71. The first kappa shape index (κ1) is 36.0. The Balaban J connectivity index is 1.24. The van der Waals surface area contributed by atoms with E-state index in [1.54, 1.807) is 13.8 Å². The molecule has 0 spiro atoms. The molecule has 0 aromatic heterocycles. The molecule has 6 heteroatoms. The minimum atomic E-state index is -1.13. The number of carboxylic acids is 1. The lowest BCUT2D eigenvalue weighted by molar-refractivity contribution is -0.250. The lowest BCUT2D eigenvalue weighted by atomic mass is 9.32. The maximum Gasteiger partial charge on any atom is 0.309 e. The topological polar surface area (TPSA) is 92.7 Å². The van der Waals surface area contributed by atoms with Crippen LogP contribution >= 0.6 is 0 Å². The Hall–Kier alpha value is -1.85. The predicted octanol–water partition coefficient (Wildman–Crippen LogP) is 9.51. The minimum Gasteiger partial charge on any atom is -0.481 e. The van der Waals surface area contributed by atoms with Gasteiger partial charge in [-0.2, -0.15) is 0 Å². The first-order chi connectivity index (χ1) is 22.3. The van der Waals surface area contributed by atoms with E-state index in [1.807, 2.05) is 0 Å². The summed E-state index contributed by atoms with van der Waals surface area (Å²) < 4.78 is 6.18. The summed E-state index contributed by atoms with van der Waals surface area (Å²) in [6.45, 7) is 22.5. The molecule has 2 N–H and O–H groups in total. The zero-order valence-corrected chi connectivity index (χ0v) is 31.6. The number of rotatable bonds is 8. The molecule has 270 valence electrons. The van der Waals surface area contributed by atoms with E-state index in [1.165, 1.54) is 50.5 Å². The van der Waals surface area contributed by atoms with E-state index in [2.05, 4.69) is 53.4 Å². The van der Waals surface area contributed by atoms with Crippen molar-refractivity contribution in [3.63, 3.8) is 0 Å². The fourth-order valence-corrected chi connectivity index (χ4v) is 14.1. The molecule has 0 aromatic carbocycles. The Labute approximate surface area is 291 Å². The highest BCUT2D eigenvalue weighted by molar-refractivity contribution is 5.81. The van der Waals surface area contributed by atoms with Crippen LogP contribution in [0.1, 0.15) is 158 Å². The summed E-state index contributed by atoms with van der Waals surface area (Å²) in [6, 6.07) is 0.379. The van der Waals surface area contributed by atoms with Crippen LogP contribution < -0.4 is 5.32 Å². The average molecular weight is 666 g/mol.